The lowest BCUT2D eigenvalue weighted by Crippen LogP contribution is -2.37. The van der Waals surface area contributed by atoms with Gasteiger partial charge in [-0.25, -0.2) is 4.79 Å². The Balaban J connectivity index is 2.15. The summed E-state index contributed by atoms with van der Waals surface area (Å²) >= 11 is 0. The zero-order valence-electron chi connectivity index (χ0n) is 14.8. The molecule has 1 aromatic heterocycles. The van der Waals surface area contributed by atoms with E-state index in [1.165, 1.54) is 7.11 Å². The molecule has 0 unspecified atom stereocenters. The third-order valence-electron chi connectivity index (χ3n) is 4.45. The molecule has 1 fully saturated rings. The van der Waals surface area contributed by atoms with Crippen LogP contribution in [0.2, 0.25) is 0 Å². The van der Waals surface area contributed by atoms with Crippen LogP contribution in [0.4, 0.5) is 4.79 Å². The highest BCUT2D eigenvalue weighted by Gasteiger charge is 2.25. The number of carbonyl (C=O) groups excluding carboxylic acids is 2. The summed E-state index contributed by atoms with van der Waals surface area (Å²) in [5.41, 5.74) is 2.88. The van der Waals surface area contributed by atoms with Gasteiger partial charge in [-0.3, -0.25) is 4.79 Å². The van der Waals surface area contributed by atoms with E-state index >= 15 is 0 Å². The third-order valence-corrected chi connectivity index (χ3v) is 4.45. The summed E-state index contributed by atoms with van der Waals surface area (Å²) in [5, 5.41) is 0. The van der Waals surface area contributed by atoms with E-state index in [0.29, 0.717) is 32.2 Å². The van der Waals surface area contributed by atoms with Gasteiger partial charge in [0, 0.05) is 43.6 Å². The Hall–Kier alpha value is -1.98. The lowest BCUT2D eigenvalue weighted by atomic mass is 10.2. The fraction of sp³-hybridized carbons (Fsp3) is 0.647. The largest absolute Gasteiger partial charge is 0.453 e. The predicted molar refractivity (Wildman–Crippen MR) is 88.8 cm³/mol. The minimum Gasteiger partial charge on any atom is -0.453 e. The summed E-state index contributed by atoms with van der Waals surface area (Å²) < 4.78 is 6.96. The second-order valence-electron chi connectivity index (χ2n) is 6.35. The van der Waals surface area contributed by atoms with Crippen LogP contribution in [0.5, 0.6) is 0 Å². The van der Waals surface area contributed by atoms with Crippen molar-refractivity contribution in [1.82, 2.24) is 14.4 Å². The molecular weight excluding hydrogens is 294 g/mol. The fourth-order valence-electron chi connectivity index (χ4n) is 3.39. The lowest BCUT2D eigenvalue weighted by molar-refractivity contribution is 0.0756. The summed E-state index contributed by atoms with van der Waals surface area (Å²) in [6.07, 6.45) is 0.446. The van der Waals surface area contributed by atoms with Crippen molar-refractivity contribution in [1.29, 1.82) is 0 Å². The van der Waals surface area contributed by atoms with E-state index in [1.807, 2.05) is 24.8 Å². The number of aromatic nitrogens is 1. The van der Waals surface area contributed by atoms with Crippen molar-refractivity contribution in [3.63, 3.8) is 0 Å². The normalized spacial score (nSPS) is 15.7. The van der Waals surface area contributed by atoms with Gasteiger partial charge in [0.1, 0.15) is 0 Å². The minimum absolute atomic E-state index is 0.0525. The summed E-state index contributed by atoms with van der Waals surface area (Å²) in [5.74, 6) is 0.0525. The van der Waals surface area contributed by atoms with Crippen LogP contribution in [-0.4, -0.2) is 59.7 Å². The van der Waals surface area contributed by atoms with Gasteiger partial charge in [-0.15, -0.1) is 0 Å². The number of rotatable bonds is 2. The number of hydrogen-bond acceptors (Lipinski definition) is 3. The average molecular weight is 321 g/mol. The molecule has 0 radical (unpaired) electrons. The topological polar surface area (TPSA) is 54.8 Å². The Labute approximate surface area is 138 Å². The Morgan fingerprint density at radius 3 is 2.26 bits per heavy atom. The maximum Gasteiger partial charge on any atom is 0.409 e. The molecule has 0 N–H and O–H groups in total. The van der Waals surface area contributed by atoms with Gasteiger partial charge in [-0.1, -0.05) is 0 Å². The average Bonchev–Trinajstić information content (AvgIpc) is 2.69. The second kappa shape index (κ2) is 7.06. The molecule has 6 heteroatoms. The van der Waals surface area contributed by atoms with Crippen LogP contribution in [0.1, 0.15) is 48.1 Å². The molecule has 0 aliphatic carbocycles. The van der Waals surface area contributed by atoms with Gasteiger partial charge in [-0.2, -0.15) is 0 Å². The smallest absolute Gasteiger partial charge is 0.409 e. The Morgan fingerprint density at radius 1 is 1.09 bits per heavy atom. The molecule has 1 saturated heterocycles. The van der Waals surface area contributed by atoms with E-state index < -0.39 is 0 Å². The van der Waals surface area contributed by atoms with Gasteiger partial charge in [0.05, 0.1) is 12.7 Å². The van der Waals surface area contributed by atoms with Crippen LogP contribution in [-0.2, 0) is 4.74 Å². The Kier molecular flexibility index (Phi) is 5.34. The van der Waals surface area contributed by atoms with Gasteiger partial charge >= 0.3 is 6.09 Å². The molecule has 0 saturated carbocycles. The molecule has 2 amide bonds. The molecule has 0 spiro atoms. The molecule has 6 nitrogen and oxygen atoms in total. The molecule has 23 heavy (non-hydrogen) atoms. The number of aryl methyl sites for hydroxylation is 1. The van der Waals surface area contributed by atoms with E-state index in [2.05, 4.69) is 18.4 Å². The maximum absolute atomic E-state index is 12.9. The van der Waals surface area contributed by atoms with Gasteiger partial charge < -0.3 is 19.1 Å². The van der Waals surface area contributed by atoms with Crippen LogP contribution >= 0.6 is 0 Å². The van der Waals surface area contributed by atoms with Gasteiger partial charge in [-0.05, 0) is 40.2 Å². The first-order valence-electron chi connectivity index (χ1n) is 8.17. The molecule has 0 atom stereocenters. The highest BCUT2D eigenvalue weighted by Crippen LogP contribution is 2.22. The fourth-order valence-corrected chi connectivity index (χ4v) is 3.39. The molecule has 2 heterocycles. The zero-order chi connectivity index (χ0) is 17.1. The SMILES string of the molecule is COC(=O)N1CCCN(C(=O)c2cc(C)n(C(C)C)c2C)CC1. The third kappa shape index (κ3) is 3.51. The zero-order valence-corrected chi connectivity index (χ0v) is 14.8. The first kappa shape index (κ1) is 17.4. The monoisotopic (exact) mass is 321 g/mol. The van der Waals surface area contributed by atoms with Crippen LogP contribution in [0.3, 0.4) is 0 Å². The highest BCUT2D eigenvalue weighted by atomic mass is 16.5. The molecule has 2 rings (SSSR count). The van der Waals surface area contributed by atoms with E-state index in [1.54, 1.807) is 4.90 Å². The van der Waals surface area contributed by atoms with Crippen molar-refractivity contribution in [2.24, 2.45) is 0 Å². The number of ether oxygens (including phenoxy) is 1. The van der Waals surface area contributed by atoms with Crippen LogP contribution in [0.25, 0.3) is 0 Å². The van der Waals surface area contributed by atoms with Crippen molar-refractivity contribution in [3.05, 3.63) is 23.0 Å². The van der Waals surface area contributed by atoms with Crippen molar-refractivity contribution < 1.29 is 14.3 Å². The van der Waals surface area contributed by atoms with Crippen molar-refractivity contribution in [2.45, 2.75) is 40.2 Å². The number of nitrogens with zero attached hydrogens (tertiary/aromatic N) is 3. The van der Waals surface area contributed by atoms with Crippen molar-refractivity contribution in [2.75, 3.05) is 33.3 Å². The Morgan fingerprint density at radius 2 is 1.70 bits per heavy atom. The van der Waals surface area contributed by atoms with E-state index in [0.717, 1.165) is 23.4 Å². The van der Waals surface area contributed by atoms with E-state index in [-0.39, 0.29) is 12.0 Å². The summed E-state index contributed by atoms with van der Waals surface area (Å²) in [4.78, 5) is 28.0. The number of carbonyl (C=O) groups is 2. The van der Waals surface area contributed by atoms with Crippen LogP contribution < -0.4 is 0 Å². The highest BCUT2D eigenvalue weighted by molar-refractivity contribution is 5.95. The first-order chi connectivity index (χ1) is 10.9. The molecule has 128 valence electrons. The summed E-state index contributed by atoms with van der Waals surface area (Å²) in [7, 11) is 1.39. The molecule has 0 aromatic carbocycles. The van der Waals surface area contributed by atoms with Gasteiger partial charge in [0.2, 0.25) is 0 Å². The van der Waals surface area contributed by atoms with Crippen LogP contribution in [0, 0.1) is 13.8 Å². The van der Waals surface area contributed by atoms with Crippen molar-refractivity contribution >= 4 is 12.0 Å². The standard InChI is InChI=1S/C17H27N3O3/c1-12(2)20-13(3)11-15(14(20)4)16(21)18-7-6-8-19(10-9-18)17(22)23-5/h11-12H,6-10H2,1-5H3. The van der Waals surface area contributed by atoms with E-state index in [9.17, 15) is 9.59 Å². The quantitative estimate of drug-likeness (QED) is 0.841. The number of methoxy groups -OCH3 is 1. The summed E-state index contributed by atoms with van der Waals surface area (Å²) in [6, 6.07) is 2.30. The number of hydrogen-bond donors (Lipinski definition) is 0. The van der Waals surface area contributed by atoms with Gasteiger partial charge in [0.25, 0.3) is 5.91 Å². The van der Waals surface area contributed by atoms with Crippen molar-refractivity contribution in [3.8, 4) is 0 Å². The Bertz CT molecular complexity index is 592. The molecular formula is C17H27N3O3. The molecule has 1 aliphatic heterocycles. The predicted octanol–water partition coefficient (Wildman–Crippen LogP) is 2.60. The molecule has 0 bridgehead atoms. The second-order valence-corrected chi connectivity index (χ2v) is 6.35. The molecule has 1 aliphatic rings. The maximum atomic E-state index is 12.9. The first-order valence-corrected chi connectivity index (χ1v) is 8.17. The van der Waals surface area contributed by atoms with Crippen LogP contribution in [0.15, 0.2) is 6.07 Å². The lowest BCUT2D eigenvalue weighted by Gasteiger charge is -2.21. The number of amides is 2. The summed E-state index contributed by atoms with van der Waals surface area (Å²) in [6.45, 7) is 10.6. The minimum atomic E-state index is -0.322. The molecule has 1 aromatic rings. The van der Waals surface area contributed by atoms with Gasteiger partial charge in [0.15, 0.2) is 0 Å². The van der Waals surface area contributed by atoms with E-state index in [4.69, 9.17) is 4.74 Å².